The molecule has 3 rings (SSSR count). The molecule has 0 saturated carbocycles. The molecule has 0 spiro atoms. The molecule has 1 amide bonds. The SMILES string of the molecule is C[C@H](NC(=O)Cc1cc2cc(F)ccc2[nH]c1=O)C1CCC(C#N)CN1. The number of nitrogens with one attached hydrogen (secondary N) is 3. The minimum Gasteiger partial charge on any atom is -0.352 e. The van der Waals surface area contributed by atoms with Crippen LogP contribution in [-0.4, -0.2) is 29.5 Å². The van der Waals surface area contributed by atoms with E-state index in [1.807, 2.05) is 6.92 Å². The summed E-state index contributed by atoms with van der Waals surface area (Å²) in [4.78, 5) is 27.1. The maximum absolute atomic E-state index is 13.4. The van der Waals surface area contributed by atoms with Gasteiger partial charge in [0.2, 0.25) is 5.91 Å². The Hall–Kier alpha value is -2.72. The van der Waals surface area contributed by atoms with Crippen molar-refractivity contribution in [1.29, 1.82) is 5.26 Å². The summed E-state index contributed by atoms with van der Waals surface area (Å²) < 4.78 is 13.4. The van der Waals surface area contributed by atoms with Crippen LogP contribution in [0.2, 0.25) is 0 Å². The van der Waals surface area contributed by atoms with E-state index in [-0.39, 0.29) is 35.9 Å². The number of nitriles is 1. The molecule has 6 nitrogen and oxygen atoms in total. The smallest absolute Gasteiger partial charge is 0.252 e. The first-order valence-electron chi connectivity index (χ1n) is 8.70. The van der Waals surface area contributed by atoms with Gasteiger partial charge in [0.05, 0.1) is 18.4 Å². The van der Waals surface area contributed by atoms with Gasteiger partial charge in [-0.25, -0.2) is 4.39 Å². The molecule has 26 heavy (non-hydrogen) atoms. The summed E-state index contributed by atoms with van der Waals surface area (Å²) in [5.41, 5.74) is 0.487. The zero-order valence-corrected chi connectivity index (χ0v) is 14.5. The van der Waals surface area contributed by atoms with Crippen molar-refractivity contribution in [2.75, 3.05) is 6.54 Å². The zero-order valence-electron chi connectivity index (χ0n) is 14.5. The maximum Gasteiger partial charge on any atom is 0.252 e. The highest BCUT2D eigenvalue weighted by Crippen LogP contribution is 2.16. The number of hydrogen-bond donors (Lipinski definition) is 3. The van der Waals surface area contributed by atoms with E-state index in [0.29, 0.717) is 23.0 Å². The van der Waals surface area contributed by atoms with Gasteiger partial charge < -0.3 is 15.6 Å². The van der Waals surface area contributed by atoms with E-state index in [4.69, 9.17) is 5.26 Å². The van der Waals surface area contributed by atoms with Crippen molar-refractivity contribution in [3.05, 3.63) is 46.0 Å². The number of aromatic amines is 1. The lowest BCUT2D eigenvalue weighted by molar-refractivity contribution is -0.121. The number of hydrogen-bond acceptors (Lipinski definition) is 4. The molecule has 0 aliphatic carbocycles. The zero-order chi connectivity index (χ0) is 18.7. The van der Waals surface area contributed by atoms with E-state index in [9.17, 15) is 14.0 Å². The molecule has 0 radical (unpaired) electrons. The fraction of sp³-hybridized carbons (Fsp3) is 0.421. The van der Waals surface area contributed by atoms with Gasteiger partial charge in [0.1, 0.15) is 5.82 Å². The van der Waals surface area contributed by atoms with Crippen molar-refractivity contribution in [3.63, 3.8) is 0 Å². The number of amides is 1. The number of carbonyl (C=O) groups is 1. The first-order chi connectivity index (χ1) is 12.5. The predicted octanol–water partition coefficient (Wildman–Crippen LogP) is 1.61. The number of H-pyrrole nitrogens is 1. The summed E-state index contributed by atoms with van der Waals surface area (Å²) in [5.74, 6) is -0.638. The Morgan fingerprint density at radius 1 is 1.42 bits per heavy atom. The highest BCUT2D eigenvalue weighted by molar-refractivity contribution is 5.82. The lowest BCUT2D eigenvalue weighted by Gasteiger charge is -2.31. The fourth-order valence-corrected chi connectivity index (χ4v) is 3.35. The number of benzene rings is 1. The van der Waals surface area contributed by atoms with Gasteiger partial charge in [0.25, 0.3) is 5.56 Å². The molecule has 1 fully saturated rings. The molecule has 1 saturated heterocycles. The molecule has 0 bridgehead atoms. The number of carbonyl (C=O) groups excluding carboxylic acids is 1. The van der Waals surface area contributed by atoms with Crippen molar-refractivity contribution in [1.82, 2.24) is 15.6 Å². The Labute approximate surface area is 150 Å². The monoisotopic (exact) mass is 356 g/mol. The minimum atomic E-state index is -0.396. The number of piperidine rings is 1. The third kappa shape index (κ3) is 4.09. The van der Waals surface area contributed by atoms with Crippen LogP contribution in [0, 0.1) is 23.1 Å². The van der Waals surface area contributed by atoms with E-state index in [2.05, 4.69) is 21.7 Å². The third-order valence-corrected chi connectivity index (χ3v) is 4.86. The van der Waals surface area contributed by atoms with Crippen LogP contribution in [0.3, 0.4) is 0 Å². The molecule has 2 heterocycles. The van der Waals surface area contributed by atoms with E-state index in [0.717, 1.165) is 12.8 Å². The first kappa shape index (κ1) is 18.1. The van der Waals surface area contributed by atoms with Crippen LogP contribution < -0.4 is 16.2 Å². The summed E-state index contributed by atoms with van der Waals surface area (Å²) in [6.45, 7) is 2.53. The molecule has 3 atom stereocenters. The van der Waals surface area contributed by atoms with E-state index in [1.165, 1.54) is 18.2 Å². The first-order valence-corrected chi connectivity index (χ1v) is 8.70. The second-order valence-electron chi connectivity index (χ2n) is 6.81. The van der Waals surface area contributed by atoms with Crippen LogP contribution in [0.25, 0.3) is 10.9 Å². The predicted molar refractivity (Wildman–Crippen MR) is 96.0 cm³/mol. The molecule has 3 N–H and O–H groups in total. The quantitative estimate of drug-likeness (QED) is 0.775. The molecule has 1 aromatic carbocycles. The normalized spacial score (nSPS) is 21.1. The van der Waals surface area contributed by atoms with Crippen molar-refractivity contribution >= 4 is 16.8 Å². The van der Waals surface area contributed by atoms with E-state index < -0.39 is 5.82 Å². The highest BCUT2D eigenvalue weighted by atomic mass is 19.1. The van der Waals surface area contributed by atoms with Crippen LogP contribution in [-0.2, 0) is 11.2 Å². The highest BCUT2D eigenvalue weighted by Gasteiger charge is 2.25. The molecule has 136 valence electrons. The van der Waals surface area contributed by atoms with Gasteiger partial charge in [-0.05, 0) is 44.0 Å². The Balaban J connectivity index is 1.64. The van der Waals surface area contributed by atoms with Gasteiger partial charge >= 0.3 is 0 Å². The van der Waals surface area contributed by atoms with Gasteiger partial charge in [0.15, 0.2) is 0 Å². The Morgan fingerprint density at radius 3 is 2.92 bits per heavy atom. The summed E-state index contributed by atoms with van der Waals surface area (Å²) in [7, 11) is 0. The molecular weight excluding hydrogens is 335 g/mol. The van der Waals surface area contributed by atoms with Gasteiger partial charge in [0, 0.05) is 35.1 Å². The molecule has 1 aliphatic heterocycles. The number of fused-ring (bicyclic) bond motifs is 1. The van der Waals surface area contributed by atoms with Crippen LogP contribution in [0.1, 0.15) is 25.3 Å². The van der Waals surface area contributed by atoms with Gasteiger partial charge in [-0.1, -0.05) is 0 Å². The second-order valence-corrected chi connectivity index (χ2v) is 6.81. The van der Waals surface area contributed by atoms with Crippen molar-refractivity contribution in [2.45, 2.75) is 38.3 Å². The molecule has 1 aliphatic rings. The average molecular weight is 356 g/mol. The Bertz CT molecular complexity index is 910. The van der Waals surface area contributed by atoms with Crippen LogP contribution >= 0.6 is 0 Å². The summed E-state index contributed by atoms with van der Waals surface area (Å²) in [6.07, 6.45) is 1.56. The van der Waals surface area contributed by atoms with Gasteiger partial charge in [-0.15, -0.1) is 0 Å². The topological polar surface area (TPSA) is 97.8 Å². The Morgan fingerprint density at radius 2 is 2.23 bits per heavy atom. The average Bonchev–Trinajstić information content (AvgIpc) is 2.62. The fourth-order valence-electron chi connectivity index (χ4n) is 3.35. The van der Waals surface area contributed by atoms with E-state index >= 15 is 0 Å². The number of aromatic nitrogens is 1. The third-order valence-electron chi connectivity index (χ3n) is 4.86. The summed E-state index contributed by atoms with van der Waals surface area (Å²) in [5, 5.41) is 15.7. The standard InChI is InChI=1S/C19H21FN4O2/c1-11(16-4-2-12(9-21)10-22-16)23-18(25)8-14-6-13-7-15(20)3-5-17(13)24-19(14)26/h3,5-7,11-12,16,22H,2,4,8,10H2,1H3,(H,23,25)(H,24,26)/t11-,12?,16?/m0/s1. The summed E-state index contributed by atoms with van der Waals surface area (Å²) >= 11 is 0. The number of nitrogens with zero attached hydrogens (tertiary/aromatic N) is 1. The molecule has 2 unspecified atom stereocenters. The largest absolute Gasteiger partial charge is 0.352 e. The number of pyridine rings is 1. The van der Waals surface area contributed by atoms with Crippen LogP contribution in [0.4, 0.5) is 4.39 Å². The minimum absolute atomic E-state index is 0.0192. The number of rotatable bonds is 4. The molecule has 1 aromatic heterocycles. The van der Waals surface area contributed by atoms with Crippen LogP contribution in [0.5, 0.6) is 0 Å². The lowest BCUT2D eigenvalue weighted by atomic mass is 9.92. The van der Waals surface area contributed by atoms with E-state index in [1.54, 1.807) is 6.07 Å². The maximum atomic E-state index is 13.4. The van der Waals surface area contributed by atoms with Gasteiger partial charge in [-0.2, -0.15) is 5.26 Å². The molecule has 2 aromatic rings. The van der Waals surface area contributed by atoms with Crippen molar-refractivity contribution in [3.8, 4) is 6.07 Å². The second kappa shape index (κ2) is 7.67. The van der Waals surface area contributed by atoms with Gasteiger partial charge in [-0.3, -0.25) is 9.59 Å². The summed E-state index contributed by atoms with van der Waals surface area (Å²) in [6, 6.07) is 7.90. The molecule has 7 heteroatoms. The lowest BCUT2D eigenvalue weighted by Crippen LogP contribution is -2.52. The number of halogens is 1. The Kier molecular flexibility index (Phi) is 5.33. The van der Waals surface area contributed by atoms with Crippen molar-refractivity contribution in [2.24, 2.45) is 5.92 Å². The van der Waals surface area contributed by atoms with Crippen molar-refractivity contribution < 1.29 is 9.18 Å². The molecular formula is C19H21FN4O2. The van der Waals surface area contributed by atoms with Crippen LogP contribution in [0.15, 0.2) is 29.1 Å².